The first-order valence-electron chi connectivity index (χ1n) is 7.57. The monoisotopic (exact) mass is 297 g/mol. The van der Waals surface area contributed by atoms with Gasteiger partial charge >= 0.3 is 0 Å². The molecule has 0 saturated heterocycles. The molecular formula is C17H19N3O2. The number of hydrogen-bond donors (Lipinski definition) is 3. The minimum absolute atomic E-state index is 0.330. The van der Waals surface area contributed by atoms with E-state index in [1.807, 2.05) is 18.2 Å². The maximum absolute atomic E-state index is 12.0. The van der Waals surface area contributed by atoms with Crippen LogP contribution in [0.15, 0.2) is 30.3 Å². The highest BCUT2D eigenvalue weighted by molar-refractivity contribution is 6.26. The van der Waals surface area contributed by atoms with Gasteiger partial charge in [-0.15, -0.1) is 0 Å². The van der Waals surface area contributed by atoms with Gasteiger partial charge in [0.05, 0.1) is 0 Å². The van der Waals surface area contributed by atoms with Gasteiger partial charge in [-0.1, -0.05) is 18.6 Å². The van der Waals surface area contributed by atoms with Crippen LogP contribution < -0.4 is 16.4 Å². The zero-order valence-corrected chi connectivity index (χ0v) is 12.3. The van der Waals surface area contributed by atoms with Crippen molar-refractivity contribution in [2.75, 3.05) is 18.4 Å². The number of unbranched alkanes of at least 4 members (excludes halogenated alkanes) is 2. The number of carbonyl (C=O) groups is 2. The van der Waals surface area contributed by atoms with Crippen LogP contribution in [0, 0.1) is 0 Å². The Morgan fingerprint density at radius 1 is 0.955 bits per heavy atom. The number of nitrogens with two attached hydrogens (primary N) is 1. The summed E-state index contributed by atoms with van der Waals surface area (Å²) >= 11 is 0. The Bertz CT molecular complexity index is 720. The van der Waals surface area contributed by atoms with Gasteiger partial charge in [0.2, 0.25) is 0 Å². The number of imide groups is 1. The maximum Gasteiger partial charge on any atom is 0.258 e. The van der Waals surface area contributed by atoms with Crippen LogP contribution >= 0.6 is 0 Å². The van der Waals surface area contributed by atoms with E-state index in [4.69, 9.17) is 5.73 Å². The van der Waals surface area contributed by atoms with E-state index in [0.717, 1.165) is 48.8 Å². The molecule has 2 aromatic rings. The van der Waals surface area contributed by atoms with Crippen molar-refractivity contribution in [3.8, 4) is 0 Å². The predicted molar refractivity (Wildman–Crippen MR) is 87.1 cm³/mol. The molecule has 0 atom stereocenters. The smallest absolute Gasteiger partial charge is 0.258 e. The summed E-state index contributed by atoms with van der Waals surface area (Å²) in [6.45, 7) is 1.57. The van der Waals surface area contributed by atoms with Gasteiger partial charge in [0.1, 0.15) is 0 Å². The molecule has 0 bridgehead atoms. The van der Waals surface area contributed by atoms with Crippen LogP contribution in [0.2, 0.25) is 0 Å². The van der Waals surface area contributed by atoms with Crippen molar-refractivity contribution < 1.29 is 9.59 Å². The molecule has 0 radical (unpaired) electrons. The van der Waals surface area contributed by atoms with Crippen LogP contribution in [-0.2, 0) is 0 Å². The number of amides is 2. The fraction of sp³-hybridized carbons (Fsp3) is 0.294. The fourth-order valence-electron chi connectivity index (χ4n) is 2.85. The van der Waals surface area contributed by atoms with Crippen molar-refractivity contribution >= 4 is 28.3 Å². The molecule has 5 nitrogen and oxygen atoms in total. The Kier molecular flexibility index (Phi) is 4.06. The zero-order valence-electron chi connectivity index (χ0n) is 12.3. The Morgan fingerprint density at radius 3 is 2.50 bits per heavy atom. The number of carbonyl (C=O) groups excluding carboxylic acids is 2. The highest BCUT2D eigenvalue weighted by Crippen LogP contribution is 2.31. The molecular weight excluding hydrogens is 278 g/mol. The average Bonchev–Trinajstić information content (AvgIpc) is 2.53. The van der Waals surface area contributed by atoms with E-state index in [0.29, 0.717) is 11.1 Å². The Balaban J connectivity index is 1.93. The summed E-state index contributed by atoms with van der Waals surface area (Å²) in [4.78, 5) is 23.9. The molecule has 4 N–H and O–H groups in total. The second kappa shape index (κ2) is 6.15. The first-order valence-corrected chi connectivity index (χ1v) is 7.57. The lowest BCUT2D eigenvalue weighted by Crippen LogP contribution is -2.34. The minimum atomic E-state index is -0.330. The van der Waals surface area contributed by atoms with Crippen molar-refractivity contribution in [2.24, 2.45) is 5.73 Å². The number of benzene rings is 2. The summed E-state index contributed by atoms with van der Waals surface area (Å²) < 4.78 is 0. The maximum atomic E-state index is 12.0. The van der Waals surface area contributed by atoms with Gasteiger partial charge in [0.15, 0.2) is 0 Å². The lowest BCUT2D eigenvalue weighted by molar-refractivity contribution is 0.0845. The molecule has 114 valence electrons. The summed E-state index contributed by atoms with van der Waals surface area (Å²) in [6.07, 6.45) is 3.16. The van der Waals surface area contributed by atoms with Crippen LogP contribution in [-0.4, -0.2) is 24.9 Å². The summed E-state index contributed by atoms with van der Waals surface area (Å²) in [5.74, 6) is -0.661. The van der Waals surface area contributed by atoms with Crippen LogP contribution in [0.4, 0.5) is 5.69 Å². The number of hydrogen-bond acceptors (Lipinski definition) is 4. The summed E-state index contributed by atoms with van der Waals surface area (Å²) in [6, 6.07) is 9.21. The second-order valence-electron chi connectivity index (χ2n) is 5.45. The van der Waals surface area contributed by atoms with E-state index in [1.54, 1.807) is 12.1 Å². The van der Waals surface area contributed by atoms with Gasteiger partial charge in [-0.2, -0.15) is 0 Å². The molecule has 3 rings (SSSR count). The van der Waals surface area contributed by atoms with Crippen molar-refractivity contribution in [2.45, 2.75) is 19.3 Å². The van der Waals surface area contributed by atoms with E-state index < -0.39 is 0 Å². The van der Waals surface area contributed by atoms with Gasteiger partial charge in [0, 0.05) is 34.1 Å². The van der Waals surface area contributed by atoms with E-state index >= 15 is 0 Å². The van der Waals surface area contributed by atoms with Crippen LogP contribution in [0.3, 0.4) is 0 Å². The quantitative estimate of drug-likeness (QED) is 0.564. The largest absolute Gasteiger partial charge is 0.385 e. The van der Waals surface area contributed by atoms with Crippen molar-refractivity contribution in [3.63, 3.8) is 0 Å². The average molecular weight is 297 g/mol. The SMILES string of the molecule is NCCCCCNc1ccc2c3c(cccc13)C(=O)NC2=O. The van der Waals surface area contributed by atoms with Crippen LogP contribution in [0.25, 0.3) is 10.8 Å². The van der Waals surface area contributed by atoms with Gasteiger partial charge in [-0.25, -0.2) is 0 Å². The second-order valence-corrected chi connectivity index (χ2v) is 5.45. The Morgan fingerprint density at radius 2 is 1.73 bits per heavy atom. The van der Waals surface area contributed by atoms with E-state index in [9.17, 15) is 9.59 Å². The molecule has 1 aliphatic rings. The minimum Gasteiger partial charge on any atom is -0.385 e. The summed E-state index contributed by atoms with van der Waals surface area (Å²) in [5, 5.41) is 7.42. The van der Waals surface area contributed by atoms with Gasteiger partial charge < -0.3 is 11.1 Å². The molecule has 1 heterocycles. The lowest BCUT2D eigenvalue weighted by Gasteiger charge is -2.19. The molecule has 0 saturated carbocycles. The number of nitrogens with one attached hydrogen (secondary N) is 2. The predicted octanol–water partition coefficient (Wildman–Crippen LogP) is 2.26. The number of rotatable bonds is 6. The third-order valence-electron chi connectivity index (χ3n) is 3.95. The summed E-state index contributed by atoms with van der Waals surface area (Å²) in [7, 11) is 0. The van der Waals surface area contributed by atoms with E-state index in [1.165, 1.54) is 0 Å². The molecule has 5 heteroatoms. The molecule has 0 aromatic heterocycles. The fourth-order valence-corrected chi connectivity index (χ4v) is 2.85. The van der Waals surface area contributed by atoms with E-state index in [2.05, 4.69) is 10.6 Å². The van der Waals surface area contributed by atoms with E-state index in [-0.39, 0.29) is 11.8 Å². The highest BCUT2D eigenvalue weighted by Gasteiger charge is 2.25. The third-order valence-corrected chi connectivity index (χ3v) is 3.95. The Labute approximate surface area is 128 Å². The zero-order chi connectivity index (χ0) is 15.5. The van der Waals surface area contributed by atoms with Gasteiger partial charge in [-0.3, -0.25) is 14.9 Å². The van der Waals surface area contributed by atoms with Crippen molar-refractivity contribution in [3.05, 3.63) is 41.5 Å². The third kappa shape index (κ3) is 2.55. The van der Waals surface area contributed by atoms with Crippen molar-refractivity contribution in [1.82, 2.24) is 5.32 Å². The molecule has 0 spiro atoms. The normalized spacial score (nSPS) is 13.3. The van der Waals surface area contributed by atoms with Gasteiger partial charge in [-0.05, 0) is 37.6 Å². The standard InChI is InChI=1S/C17H19N3O2/c18-9-2-1-3-10-19-14-8-7-13-15-11(14)5-4-6-12(15)16(21)20-17(13)22/h4-8,19H,1-3,9-10,18H2,(H,20,21,22). The summed E-state index contributed by atoms with van der Waals surface area (Å²) in [5.41, 5.74) is 7.55. The molecule has 0 fully saturated rings. The van der Waals surface area contributed by atoms with Crippen LogP contribution in [0.1, 0.15) is 40.0 Å². The van der Waals surface area contributed by atoms with Gasteiger partial charge in [0.25, 0.3) is 11.8 Å². The molecule has 2 amide bonds. The molecule has 22 heavy (non-hydrogen) atoms. The van der Waals surface area contributed by atoms with Crippen molar-refractivity contribution in [1.29, 1.82) is 0 Å². The molecule has 1 aliphatic heterocycles. The van der Waals surface area contributed by atoms with Crippen LogP contribution in [0.5, 0.6) is 0 Å². The first-order chi connectivity index (χ1) is 10.7. The lowest BCUT2D eigenvalue weighted by atomic mass is 9.94. The molecule has 0 unspecified atom stereocenters. The molecule has 0 aliphatic carbocycles. The first kappa shape index (κ1) is 14.5. The Hall–Kier alpha value is -2.40. The topological polar surface area (TPSA) is 84.2 Å². The highest BCUT2D eigenvalue weighted by atomic mass is 16.2. The number of anilines is 1. The molecule has 2 aromatic carbocycles.